The van der Waals surface area contributed by atoms with Crippen LogP contribution in [0.2, 0.25) is 0 Å². The zero-order chi connectivity index (χ0) is 14.4. The predicted molar refractivity (Wildman–Crippen MR) is 77.3 cm³/mol. The molecule has 2 aromatic rings. The molecule has 0 unspecified atom stereocenters. The fraction of sp³-hybridized carbons (Fsp3) is 0.250. The topological polar surface area (TPSA) is 51.2 Å². The molecule has 0 fully saturated rings. The summed E-state index contributed by atoms with van der Waals surface area (Å²) in [5.41, 5.74) is 3.69. The van der Waals surface area contributed by atoms with Crippen molar-refractivity contribution in [2.24, 2.45) is 0 Å². The second-order valence-corrected chi connectivity index (χ2v) is 4.52. The number of rotatable bonds is 5. The highest BCUT2D eigenvalue weighted by molar-refractivity contribution is 5.90. The van der Waals surface area contributed by atoms with Gasteiger partial charge in [0.25, 0.3) is 0 Å². The molecule has 1 aromatic carbocycles. The standard InChI is InChI=1S/C16H18N2O2/c1-12-6-5-9-18-15(12)11-17-10-13-7-3-4-8-14(13)16(19)20-2/h3-9,17H,10-11H2,1-2H3. The largest absolute Gasteiger partial charge is 0.465 e. The molecule has 0 aliphatic rings. The van der Waals surface area contributed by atoms with E-state index in [-0.39, 0.29) is 5.97 Å². The van der Waals surface area contributed by atoms with Crippen molar-refractivity contribution in [3.8, 4) is 0 Å². The first-order valence-corrected chi connectivity index (χ1v) is 6.50. The molecular weight excluding hydrogens is 252 g/mol. The van der Waals surface area contributed by atoms with Crippen LogP contribution in [0.1, 0.15) is 27.2 Å². The van der Waals surface area contributed by atoms with E-state index >= 15 is 0 Å². The summed E-state index contributed by atoms with van der Waals surface area (Å²) < 4.78 is 4.78. The van der Waals surface area contributed by atoms with Crippen LogP contribution in [0.4, 0.5) is 0 Å². The van der Waals surface area contributed by atoms with E-state index in [1.807, 2.05) is 37.3 Å². The molecule has 2 rings (SSSR count). The second-order valence-electron chi connectivity index (χ2n) is 4.52. The van der Waals surface area contributed by atoms with Gasteiger partial charge in [-0.05, 0) is 30.2 Å². The zero-order valence-corrected chi connectivity index (χ0v) is 11.7. The SMILES string of the molecule is COC(=O)c1ccccc1CNCc1ncccc1C. The first-order chi connectivity index (χ1) is 9.72. The fourth-order valence-corrected chi connectivity index (χ4v) is 2.00. The number of aromatic nitrogens is 1. The van der Waals surface area contributed by atoms with Crippen LogP contribution in [-0.2, 0) is 17.8 Å². The van der Waals surface area contributed by atoms with Crippen molar-refractivity contribution in [1.82, 2.24) is 10.3 Å². The summed E-state index contributed by atoms with van der Waals surface area (Å²) in [6.45, 7) is 3.30. The summed E-state index contributed by atoms with van der Waals surface area (Å²) >= 11 is 0. The van der Waals surface area contributed by atoms with Crippen LogP contribution in [0.3, 0.4) is 0 Å². The molecule has 0 atom stereocenters. The molecular formula is C16H18N2O2. The van der Waals surface area contributed by atoms with E-state index < -0.39 is 0 Å². The fourth-order valence-electron chi connectivity index (χ4n) is 2.00. The Hall–Kier alpha value is -2.20. The van der Waals surface area contributed by atoms with Crippen molar-refractivity contribution in [2.75, 3.05) is 7.11 Å². The van der Waals surface area contributed by atoms with Gasteiger partial charge in [0.1, 0.15) is 0 Å². The lowest BCUT2D eigenvalue weighted by Gasteiger charge is -2.10. The molecule has 104 valence electrons. The minimum absolute atomic E-state index is 0.309. The van der Waals surface area contributed by atoms with Crippen LogP contribution in [0.15, 0.2) is 42.6 Å². The molecule has 0 bridgehead atoms. The molecule has 0 aliphatic heterocycles. The third-order valence-electron chi connectivity index (χ3n) is 3.15. The molecule has 0 saturated heterocycles. The predicted octanol–water partition coefficient (Wildman–Crippen LogP) is 2.47. The Morgan fingerprint density at radius 1 is 1.20 bits per heavy atom. The quantitative estimate of drug-likeness (QED) is 0.848. The van der Waals surface area contributed by atoms with Gasteiger partial charge in [0, 0.05) is 19.3 Å². The molecule has 0 aliphatic carbocycles. The lowest BCUT2D eigenvalue weighted by atomic mass is 10.1. The Morgan fingerprint density at radius 2 is 2.00 bits per heavy atom. The first-order valence-electron chi connectivity index (χ1n) is 6.50. The van der Waals surface area contributed by atoms with Gasteiger partial charge >= 0.3 is 5.97 Å². The Labute approximate surface area is 118 Å². The van der Waals surface area contributed by atoms with Crippen molar-refractivity contribution in [2.45, 2.75) is 20.0 Å². The maximum absolute atomic E-state index is 11.7. The minimum Gasteiger partial charge on any atom is -0.465 e. The molecule has 1 aromatic heterocycles. The number of esters is 1. The van der Waals surface area contributed by atoms with Gasteiger partial charge in [0.05, 0.1) is 18.4 Å². The van der Waals surface area contributed by atoms with E-state index in [1.54, 1.807) is 12.3 Å². The van der Waals surface area contributed by atoms with Gasteiger partial charge < -0.3 is 10.1 Å². The Kier molecular flexibility index (Phi) is 4.85. The van der Waals surface area contributed by atoms with E-state index in [9.17, 15) is 4.79 Å². The Morgan fingerprint density at radius 3 is 2.75 bits per heavy atom. The average molecular weight is 270 g/mol. The molecule has 4 nitrogen and oxygen atoms in total. The van der Waals surface area contributed by atoms with Crippen molar-refractivity contribution < 1.29 is 9.53 Å². The summed E-state index contributed by atoms with van der Waals surface area (Å²) in [6, 6.07) is 11.4. The Balaban J connectivity index is 2.01. The van der Waals surface area contributed by atoms with Crippen LogP contribution >= 0.6 is 0 Å². The number of methoxy groups -OCH3 is 1. The number of hydrogen-bond donors (Lipinski definition) is 1. The van der Waals surface area contributed by atoms with Gasteiger partial charge in [0.15, 0.2) is 0 Å². The van der Waals surface area contributed by atoms with E-state index in [0.717, 1.165) is 16.8 Å². The number of pyridine rings is 1. The summed E-state index contributed by atoms with van der Waals surface area (Å²) in [6.07, 6.45) is 1.78. The van der Waals surface area contributed by atoms with Gasteiger partial charge in [0.2, 0.25) is 0 Å². The number of carbonyl (C=O) groups is 1. The van der Waals surface area contributed by atoms with Crippen molar-refractivity contribution in [1.29, 1.82) is 0 Å². The maximum atomic E-state index is 11.7. The van der Waals surface area contributed by atoms with Gasteiger partial charge in [-0.3, -0.25) is 4.98 Å². The number of ether oxygens (including phenoxy) is 1. The third kappa shape index (κ3) is 3.42. The number of nitrogens with one attached hydrogen (secondary N) is 1. The van der Waals surface area contributed by atoms with E-state index in [2.05, 4.69) is 10.3 Å². The smallest absolute Gasteiger partial charge is 0.338 e. The summed E-state index contributed by atoms with van der Waals surface area (Å²) in [4.78, 5) is 16.0. The molecule has 1 N–H and O–H groups in total. The molecule has 0 amide bonds. The van der Waals surface area contributed by atoms with Gasteiger partial charge in [-0.2, -0.15) is 0 Å². The van der Waals surface area contributed by atoms with Crippen LogP contribution in [0.5, 0.6) is 0 Å². The average Bonchev–Trinajstić information content (AvgIpc) is 2.49. The second kappa shape index (κ2) is 6.82. The van der Waals surface area contributed by atoms with Gasteiger partial charge in [-0.25, -0.2) is 4.79 Å². The molecule has 4 heteroatoms. The summed E-state index contributed by atoms with van der Waals surface area (Å²) in [5.74, 6) is -0.309. The molecule has 0 spiro atoms. The van der Waals surface area contributed by atoms with Crippen molar-refractivity contribution in [3.05, 3.63) is 65.0 Å². The Bertz CT molecular complexity index is 597. The van der Waals surface area contributed by atoms with E-state index in [1.165, 1.54) is 7.11 Å². The van der Waals surface area contributed by atoms with Crippen LogP contribution in [0.25, 0.3) is 0 Å². The highest BCUT2D eigenvalue weighted by Gasteiger charge is 2.10. The van der Waals surface area contributed by atoms with E-state index in [4.69, 9.17) is 4.74 Å². The van der Waals surface area contributed by atoms with Crippen LogP contribution in [-0.4, -0.2) is 18.1 Å². The highest BCUT2D eigenvalue weighted by Crippen LogP contribution is 2.10. The lowest BCUT2D eigenvalue weighted by Crippen LogP contribution is -2.17. The van der Waals surface area contributed by atoms with E-state index in [0.29, 0.717) is 18.7 Å². The van der Waals surface area contributed by atoms with Gasteiger partial charge in [-0.15, -0.1) is 0 Å². The number of aryl methyl sites for hydroxylation is 1. The first kappa shape index (κ1) is 14.2. The molecule has 1 heterocycles. The number of carbonyl (C=O) groups excluding carboxylic acids is 1. The third-order valence-corrected chi connectivity index (χ3v) is 3.15. The monoisotopic (exact) mass is 270 g/mol. The maximum Gasteiger partial charge on any atom is 0.338 e. The van der Waals surface area contributed by atoms with Crippen molar-refractivity contribution in [3.63, 3.8) is 0 Å². The minimum atomic E-state index is -0.309. The molecule has 20 heavy (non-hydrogen) atoms. The van der Waals surface area contributed by atoms with Crippen molar-refractivity contribution >= 4 is 5.97 Å². The van der Waals surface area contributed by atoms with Gasteiger partial charge in [-0.1, -0.05) is 24.3 Å². The lowest BCUT2D eigenvalue weighted by molar-refractivity contribution is 0.0599. The summed E-state index contributed by atoms with van der Waals surface area (Å²) in [5, 5.41) is 3.31. The molecule has 0 saturated carbocycles. The number of benzene rings is 1. The summed E-state index contributed by atoms with van der Waals surface area (Å²) in [7, 11) is 1.39. The normalized spacial score (nSPS) is 10.3. The van der Waals surface area contributed by atoms with Crippen LogP contribution in [0, 0.1) is 6.92 Å². The molecule has 0 radical (unpaired) electrons. The van der Waals surface area contributed by atoms with Crippen LogP contribution < -0.4 is 5.32 Å². The zero-order valence-electron chi connectivity index (χ0n) is 11.7. The number of hydrogen-bond acceptors (Lipinski definition) is 4. The highest BCUT2D eigenvalue weighted by atomic mass is 16.5. The number of nitrogens with zero attached hydrogens (tertiary/aromatic N) is 1.